The van der Waals surface area contributed by atoms with Crippen LogP contribution in [0.5, 0.6) is 0 Å². The van der Waals surface area contributed by atoms with E-state index in [2.05, 4.69) is 52.5 Å². The molecule has 1 aliphatic heterocycles. The summed E-state index contributed by atoms with van der Waals surface area (Å²) in [6, 6.07) is -7.87. The highest BCUT2D eigenvalue weighted by atomic mass is 16.4. The van der Waals surface area contributed by atoms with Crippen molar-refractivity contribution < 1.29 is 78.0 Å². The predicted octanol–water partition coefficient (Wildman–Crippen LogP) is -4.09. The van der Waals surface area contributed by atoms with Gasteiger partial charge in [0.15, 0.2) is 12.0 Å². The van der Waals surface area contributed by atoms with Crippen LogP contribution < -0.4 is 65.5 Å². The number of likely N-dealkylation sites (tertiary alicyclic amines) is 1. The lowest BCUT2D eigenvalue weighted by molar-refractivity contribution is -0.145. The lowest BCUT2D eigenvalue weighted by Gasteiger charge is -2.32. The normalized spacial score (nSPS) is 16.6. The second-order valence-electron chi connectivity index (χ2n) is 22.5. The molecular formula is C55H87N15O16. The summed E-state index contributed by atoms with van der Waals surface area (Å²) in [6.45, 7) is 10.6. The molecule has 11 atom stereocenters. The number of para-hydroxylation sites is 1. The van der Waals surface area contributed by atoms with Crippen molar-refractivity contribution in [3.8, 4) is 0 Å². The van der Waals surface area contributed by atoms with Gasteiger partial charge in [0.1, 0.15) is 54.4 Å². The second kappa shape index (κ2) is 34.5. The van der Waals surface area contributed by atoms with E-state index >= 15 is 0 Å². The molecule has 1 aliphatic rings. The summed E-state index contributed by atoms with van der Waals surface area (Å²) < 4.78 is 0. The number of hydrogen-bond acceptors (Lipinski definition) is 16. The molecule has 31 heteroatoms. The Kier molecular flexibility index (Phi) is 28.8. The van der Waals surface area contributed by atoms with Crippen molar-refractivity contribution in [1.82, 2.24) is 52.4 Å². The number of aromatic nitrogens is 1. The van der Waals surface area contributed by atoms with Crippen molar-refractivity contribution in [3.63, 3.8) is 0 Å². The molecule has 0 bridgehead atoms. The summed E-state index contributed by atoms with van der Waals surface area (Å²) in [5.74, 6) is -13.9. The van der Waals surface area contributed by atoms with E-state index in [9.17, 15) is 78.0 Å². The van der Waals surface area contributed by atoms with Gasteiger partial charge in [0.2, 0.25) is 59.1 Å². The van der Waals surface area contributed by atoms with E-state index in [0.29, 0.717) is 22.9 Å². The maximum atomic E-state index is 14.6. The molecule has 0 unspecified atom stereocenters. The van der Waals surface area contributed by atoms with Crippen LogP contribution in [0, 0.1) is 17.8 Å². The average molecular weight is 1210 g/mol. The van der Waals surface area contributed by atoms with E-state index in [-0.39, 0.29) is 69.4 Å². The minimum Gasteiger partial charge on any atom is -0.481 e. The van der Waals surface area contributed by atoms with Crippen molar-refractivity contribution in [2.45, 2.75) is 179 Å². The topological polar surface area (TPSA) is 517 Å². The number of rotatable bonds is 36. The quantitative estimate of drug-likeness (QED) is 0.0175. The number of primary amides is 1. The van der Waals surface area contributed by atoms with Crippen LogP contribution in [-0.4, -0.2) is 193 Å². The maximum Gasteiger partial charge on any atom is 0.328 e. The van der Waals surface area contributed by atoms with Gasteiger partial charge in [-0.15, -0.1) is 0 Å². The molecule has 1 aromatic heterocycles. The minimum absolute atomic E-state index is 0.0404. The van der Waals surface area contributed by atoms with Crippen molar-refractivity contribution >= 4 is 87.9 Å². The van der Waals surface area contributed by atoms with Gasteiger partial charge in [-0.05, 0) is 81.3 Å². The molecule has 0 radical (unpaired) electrons. The number of H-pyrrole nitrogens is 1. The first-order chi connectivity index (χ1) is 40.3. The lowest BCUT2D eigenvalue weighted by Crippen LogP contribution is -2.61. The molecule has 21 N–H and O–H groups in total. The summed E-state index contributed by atoms with van der Waals surface area (Å²) >= 11 is 0. The molecule has 1 aromatic carbocycles. The Hall–Kier alpha value is -8.45. The third kappa shape index (κ3) is 22.9. The summed E-state index contributed by atoms with van der Waals surface area (Å²) in [5, 5.41) is 59.3. The van der Waals surface area contributed by atoms with Gasteiger partial charge >= 0.3 is 11.9 Å². The fourth-order valence-corrected chi connectivity index (χ4v) is 9.47. The molecule has 0 saturated carbocycles. The monoisotopic (exact) mass is 1210 g/mol. The van der Waals surface area contributed by atoms with Gasteiger partial charge in [0.25, 0.3) is 0 Å². The number of hydrogen-bond donors (Lipinski definition) is 17. The van der Waals surface area contributed by atoms with Crippen LogP contribution in [0.1, 0.15) is 112 Å². The van der Waals surface area contributed by atoms with Gasteiger partial charge in [-0.1, -0.05) is 59.7 Å². The predicted molar refractivity (Wildman–Crippen MR) is 311 cm³/mol. The molecule has 478 valence electrons. The number of nitrogens with one attached hydrogen (secondary N) is 9. The molecule has 10 amide bonds. The summed E-state index contributed by atoms with van der Waals surface area (Å²) in [4.78, 5) is 171. The number of aliphatic carboxylic acids is 2. The lowest BCUT2D eigenvalue weighted by atomic mass is 10.00. The highest BCUT2D eigenvalue weighted by Crippen LogP contribution is 2.23. The zero-order valence-corrected chi connectivity index (χ0v) is 49.6. The molecule has 0 spiro atoms. The van der Waals surface area contributed by atoms with Crippen molar-refractivity contribution in [3.05, 3.63) is 36.0 Å². The number of nitrogens with two attached hydrogens (primary N) is 4. The molecule has 0 aliphatic carbocycles. The third-order valence-electron chi connectivity index (χ3n) is 14.0. The zero-order chi connectivity index (χ0) is 64.7. The Bertz CT molecular complexity index is 2750. The Morgan fingerprint density at radius 3 is 1.70 bits per heavy atom. The molecular weight excluding hydrogens is 1130 g/mol. The standard InChI is InChI=1S/C55H87N15O16/c1-26(2)20-36(48(79)63-35(16-17-42(74)75)47(78)62-34(14-10-18-60-55(58)59)46(77)64-37(21-27(3)4)51(82)69-44(29(7)72)54(85)86)65-50(81)39(23-41(57)73)66-49(80)38(22-30-24-61-33-13-9-8-12-31(30)33)67-52(83)40-15-11-19-70(40)53(84)43(28(5)6)68-45(76)32(56)25-71/h8-9,12-13,24,26-29,32,34-40,43-44,61,71-72H,10-11,14-23,25,56H2,1-7H3,(H2,57,73)(H,62,78)(H,63,79)(H,64,77)(H,65,81)(H,66,80)(H,67,83)(H,68,76)(H,69,82)(H,74,75)(H,85,86)(H4,58,59,60)/t29-,32+,34+,35+,36+,37+,38+,39+,40+,43+,44+/m1/s1. The fourth-order valence-electron chi connectivity index (χ4n) is 9.47. The number of carbonyl (C=O) groups is 12. The van der Waals surface area contributed by atoms with E-state index in [1.807, 2.05) is 0 Å². The molecule has 31 nitrogen and oxygen atoms in total. The number of guanidine groups is 1. The summed E-state index contributed by atoms with van der Waals surface area (Å²) in [7, 11) is 0. The van der Waals surface area contributed by atoms with Crippen LogP contribution in [0.15, 0.2) is 35.5 Å². The van der Waals surface area contributed by atoms with E-state index in [1.165, 1.54) is 4.90 Å². The van der Waals surface area contributed by atoms with Gasteiger partial charge < -0.3 is 95.8 Å². The molecule has 1 saturated heterocycles. The number of carboxylic acids is 2. The van der Waals surface area contributed by atoms with E-state index < -0.39 is 169 Å². The van der Waals surface area contributed by atoms with Crippen molar-refractivity contribution in [2.24, 2.45) is 45.7 Å². The van der Waals surface area contributed by atoms with E-state index in [4.69, 9.17) is 22.9 Å². The smallest absolute Gasteiger partial charge is 0.328 e. The SMILES string of the molecule is CC(C)C[C@H](NC(=O)[C@H](CC(N)=O)NC(=O)[C@H](Cc1c[nH]c2ccccc12)NC(=O)[C@@H]1CCCN1C(=O)[C@@H](NC(=O)[C@@H](N)CO)C(C)C)C(=O)N[C@@H](CCC(=O)O)C(=O)N[C@@H](CCCN=C(N)N)C(=O)N[C@@H](CC(C)C)C(=O)N[C@H](C(=O)O)[C@@H](C)O. The Morgan fingerprint density at radius 2 is 1.17 bits per heavy atom. The van der Waals surface area contributed by atoms with E-state index in [1.54, 1.807) is 72.0 Å². The maximum absolute atomic E-state index is 14.6. The van der Waals surface area contributed by atoms with Gasteiger partial charge in [-0.25, -0.2) is 4.79 Å². The number of aliphatic imine (C=N–C) groups is 1. The minimum atomic E-state index is -1.82. The van der Waals surface area contributed by atoms with Gasteiger partial charge in [0.05, 0.1) is 19.1 Å². The zero-order valence-electron chi connectivity index (χ0n) is 49.6. The van der Waals surface area contributed by atoms with Crippen LogP contribution >= 0.6 is 0 Å². The van der Waals surface area contributed by atoms with Crippen molar-refractivity contribution in [2.75, 3.05) is 19.7 Å². The molecule has 2 aromatic rings. The summed E-state index contributed by atoms with van der Waals surface area (Å²) in [5.41, 5.74) is 23.5. The van der Waals surface area contributed by atoms with E-state index in [0.717, 1.165) is 6.92 Å². The first-order valence-electron chi connectivity index (χ1n) is 28.5. The highest BCUT2D eigenvalue weighted by Gasteiger charge is 2.41. The average Bonchev–Trinajstić information content (AvgIpc) is 2.40. The molecule has 3 rings (SSSR count). The summed E-state index contributed by atoms with van der Waals surface area (Å²) in [6.07, 6.45) is -2.11. The Balaban J connectivity index is 1.98. The van der Waals surface area contributed by atoms with Gasteiger partial charge in [-0.2, -0.15) is 0 Å². The van der Waals surface area contributed by atoms with Crippen LogP contribution in [0.2, 0.25) is 0 Å². The second-order valence-corrected chi connectivity index (χ2v) is 22.5. The third-order valence-corrected chi connectivity index (χ3v) is 14.0. The number of nitrogens with zero attached hydrogens (tertiary/aromatic N) is 2. The number of aliphatic hydroxyl groups excluding tert-OH is 2. The fraction of sp³-hybridized carbons (Fsp3) is 0.618. The molecule has 1 fully saturated rings. The first-order valence-corrected chi connectivity index (χ1v) is 28.5. The van der Waals surface area contributed by atoms with Crippen LogP contribution in [0.25, 0.3) is 10.9 Å². The Labute approximate surface area is 497 Å². The molecule has 86 heavy (non-hydrogen) atoms. The number of carbonyl (C=O) groups excluding carboxylic acids is 10. The molecule has 2 heterocycles. The number of carboxylic acid groups (broad SMARTS) is 2. The Morgan fingerprint density at radius 1 is 0.663 bits per heavy atom. The van der Waals surface area contributed by atoms with Crippen LogP contribution in [0.4, 0.5) is 0 Å². The van der Waals surface area contributed by atoms with Crippen molar-refractivity contribution in [1.29, 1.82) is 0 Å². The number of aromatic amines is 1. The number of fused-ring (bicyclic) bond motifs is 1. The first kappa shape index (κ1) is 71.8. The van der Waals surface area contributed by atoms with Crippen LogP contribution in [0.3, 0.4) is 0 Å². The van der Waals surface area contributed by atoms with Crippen LogP contribution in [-0.2, 0) is 64.0 Å². The number of aliphatic hydroxyl groups is 2. The number of benzene rings is 1. The van der Waals surface area contributed by atoms with Gasteiger partial charge in [0, 0.05) is 43.0 Å². The highest BCUT2D eigenvalue weighted by molar-refractivity contribution is 6.00. The van der Waals surface area contributed by atoms with Gasteiger partial charge in [-0.3, -0.25) is 57.7 Å². The number of amides is 10. The largest absolute Gasteiger partial charge is 0.481 e.